The molecule has 1 saturated heterocycles. The summed E-state index contributed by atoms with van der Waals surface area (Å²) in [5, 5.41) is 2.75. The van der Waals surface area contributed by atoms with Crippen LogP contribution < -0.4 is 10.2 Å². The Kier molecular flexibility index (Phi) is 4.37. The number of alkyl halides is 3. The number of amides is 1. The molecule has 0 radical (unpaired) electrons. The first-order valence-corrected chi connectivity index (χ1v) is 8.84. The molecule has 0 aromatic heterocycles. The molecule has 27 heavy (non-hydrogen) atoms. The molecule has 4 nitrogen and oxygen atoms in total. The smallest absolute Gasteiger partial charge is 0.371 e. The van der Waals surface area contributed by atoms with Gasteiger partial charge in [0.1, 0.15) is 5.92 Å². The number of para-hydroxylation sites is 1. The number of nitrogens with zero attached hydrogens (tertiary/aromatic N) is 2. The number of hydrogen-bond acceptors (Lipinski definition) is 3. The second kappa shape index (κ2) is 6.72. The monoisotopic (exact) mass is 373 g/mol. The van der Waals surface area contributed by atoms with E-state index in [1.165, 1.54) is 12.3 Å². The van der Waals surface area contributed by atoms with Crippen LogP contribution in [0.5, 0.6) is 0 Å². The summed E-state index contributed by atoms with van der Waals surface area (Å²) < 4.78 is 40.6. The van der Waals surface area contributed by atoms with Crippen LogP contribution in [-0.4, -0.2) is 25.2 Å². The molecule has 0 bridgehead atoms. The molecule has 2 aliphatic rings. The minimum atomic E-state index is -4.46. The van der Waals surface area contributed by atoms with Crippen molar-refractivity contribution in [3.05, 3.63) is 53.6 Å². The lowest BCUT2D eigenvalue weighted by atomic mass is 10.0. The van der Waals surface area contributed by atoms with Crippen molar-refractivity contribution in [1.82, 2.24) is 0 Å². The van der Waals surface area contributed by atoms with Gasteiger partial charge in [0.15, 0.2) is 0 Å². The van der Waals surface area contributed by atoms with Gasteiger partial charge in [0.2, 0.25) is 5.91 Å². The number of nitrogens with one attached hydrogen (secondary N) is 1. The summed E-state index contributed by atoms with van der Waals surface area (Å²) in [6.45, 7) is 1.26. The Morgan fingerprint density at radius 1 is 1.11 bits per heavy atom. The third-order valence-corrected chi connectivity index (χ3v) is 4.94. The molecule has 2 aromatic carbocycles. The Morgan fingerprint density at radius 2 is 1.85 bits per heavy atom. The predicted molar refractivity (Wildman–Crippen MR) is 98.9 cm³/mol. The first kappa shape index (κ1) is 17.6. The summed E-state index contributed by atoms with van der Waals surface area (Å²) in [7, 11) is 0. The molecule has 0 spiro atoms. The van der Waals surface area contributed by atoms with Crippen molar-refractivity contribution in [1.29, 1.82) is 0 Å². The third-order valence-electron chi connectivity index (χ3n) is 4.94. The number of halogens is 3. The van der Waals surface area contributed by atoms with Crippen molar-refractivity contribution in [2.75, 3.05) is 23.3 Å². The number of hydrogen-bond donors (Lipinski definition) is 1. The highest BCUT2D eigenvalue weighted by atomic mass is 19.4. The van der Waals surface area contributed by atoms with Gasteiger partial charge >= 0.3 is 6.18 Å². The molecule has 0 aliphatic carbocycles. The summed E-state index contributed by atoms with van der Waals surface area (Å²) in [5.74, 6) is -0.835. The maximum absolute atomic E-state index is 13.5. The summed E-state index contributed by atoms with van der Waals surface area (Å²) in [6, 6.07) is 11.3. The molecule has 1 amide bonds. The molecule has 4 rings (SSSR count). The van der Waals surface area contributed by atoms with Gasteiger partial charge in [-0.1, -0.05) is 18.2 Å². The Labute approximate surface area is 154 Å². The summed E-state index contributed by atoms with van der Waals surface area (Å²) in [4.78, 5) is 18.1. The van der Waals surface area contributed by atoms with Crippen LogP contribution in [0, 0.1) is 0 Å². The maximum atomic E-state index is 13.5. The zero-order valence-corrected chi connectivity index (χ0v) is 14.5. The second-order valence-electron chi connectivity index (χ2n) is 6.73. The summed E-state index contributed by atoms with van der Waals surface area (Å²) >= 11 is 0. The molecule has 0 saturated carbocycles. The van der Waals surface area contributed by atoms with Crippen molar-refractivity contribution in [2.45, 2.75) is 24.9 Å². The SMILES string of the molecule is O=C1Nc2ccccc2C1C=Nc1ccc(N2CCCC2)c(C(F)(F)F)c1. The van der Waals surface area contributed by atoms with E-state index in [1.807, 2.05) is 18.2 Å². The molecule has 1 unspecified atom stereocenters. The van der Waals surface area contributed by atoms with E-state index in [1.54, 1.807) is 17.0 Å². The fourth-order valence-corrected chi connectivity index (χ4v) is 3.61. The van der Waals surface area contributed by atoms with E-state index in [9.17, 15) is 18.0 Å². The van der Waals surface area contributed by atoms with Gasteiger partial charge in [-0.15, -0.1) is 0 Å². The summed E-state index contributed by atoms with van der Waals surface area (Å²) in [6.07, 6.45) is -1.26. The molecule has 1 N–H and O–H groups in total. The van der Waals surface area contributed by atoms with Gasteiger partial charge < -0.3 is 10.2 Å². The predicted octanol–water partition coefficient (Wildman–Crippen LogP) is 4.74. The molecular weight excluding hydrogens is 355 g/mol. The average molecular weight is 373 g/mol. The molecule has 1 atom stereocenters. The maximum Gasteiger partial charge on any atom is 0.418 e. The molecule has 2 aliphatic heterocycles. The van der Waals surface area contributed by atoms with Crippen molar-refractivity contribution in [2.24, 2.45) is 4.99 Å². The fourth-order valence-electron chi connectivity index (χ4n) is 3.61. The van der Waals surface area contributed by atoms with Crippen molar-refractivity contribution < 1.29 is 18.0 Å². The molecular formula is C20H18F3N3O. The fraction of sp³-hybridized carbons (Fsp3) is 0.300. The second-order valence-corrected chi connectivity index (χ2v) is 6.73. The minimum Gasteiger partial charge on any atom is -0.371 e. The van der Waals surface area contributed by atoms with E-state index in [0.717, 1.165) is 24.5 Å². The van der Waals surface area contributed by atoms with Gasteiger partial charge in [0.05, 0.1) is 11.3 Å². The Bertz CT molecular complexity index is 902. The van der Waals surface area contributed by atoms with Crippen LogP contribution in [-0.2, 0) is 11.0 Å². The van der Waals surface area contributed by atoms with Crippen LogP contribution in [0.3, 0.4) is 0 Å². The highest BCUT2D eigenvalue weighted by Crippen LogP contribution is 2.40. The average Bonchev–Trinajstić information content (AvgIpc) is 3.26. The van der Waals surface area contributed by atoms with Crippen LogP contribution >= 0.6 is 0 Å². The lowest BCUT2D eigenvalue weighted by Gasteiger charge is -2.22. The largest absolute Gasteiger partial charge is 0.418 e. The first-order valence-electron chi connectivity index (χ1n) is 8.84. The molecule has 7 heteroatoms. The molecule has 2 heterocycles. The van der Waals surface area contributed by atoms with Gasteiger partial charge in [-0.3, -0.25) is 9.79 Å². The quantitative estimate of drug-likeness (QED) is 0.790. The van der Waals surface area contributed by atoms with Gasteiger partial charge in [-0.25, -0.2) is 0 Å². The van der Waals surface area contributed by atoms with Gasteiger partial charge in [0.25, 0.3) is 0 Å². The van der Waals surface area contributed by atoms with Crippen LogP contribution in [0.15, 0.2) is 47.5 Å². The Morgan fingerprint density at radius 3 is 2.59 bits per heavy atom. The van der Waals surface area contributed by atoms with Gasteiger partial charge in [-0.05, 0) is 42.7 Å². The number of anilines is 2. The van der Waals surface area contributed by atoms with Gasteiger partial charge in [-0.2, -0.15) is 13.2 Å². The number of fused-ring (bicyclic) bond motifs is 1. The van der Waals surface area contributed by atoms with Crippen molar-refractivity contribution in [3.63, 3.8) is 0 Å². The van der Waals surface area contributed by atoms with E-state index >= 15 is 0 Å². The number of carbonyl (C=O) groups is 1. The standard InChI is InChI=1S/C20H18F3N3O/c21-20(22,23)16-11-13(7-8-18(16)26-9-3-4-10-26)24-12-15-14-5-1-2-6-17(14)25-19(15)27/h1-2,5-8,11-12,15H,3-4,9-10H2,(H,25,27). The van der Waals surface area contributed by atoms with E-state index in [4.69, 9.17) is 0 Å². The van der Waals surface area contributed by atoms with Crippen LogP contribution in [0.1, 0.15) is 29.9 Å². The molecule has 1 fully saturated rings. The highest BCUT2D eigenvalue weighted by molar-refractivity contribution is 6.12. The number of aliphatic imine (C=N–C) groups is 1. The minimum absolute atomic E-state index is 0.183. The van der Waals surface area contributed by atoms with Crippen LogP contribution in [0.4, 0.5) is 30.2 Å². The Hall–Kier alpha value is -2.83. The first-order chi connectivity index (χ1) is 12.9. The third kappa shape index (κ3) is 3.41. The van der Waals surface area contributed by atoms with Crippen molar-refractivity contribution in [3.8, 4) is 0 Å². The molecule has 140 valence electrons. The van der Waals surface area contributed by atoms with Crippen LogP contribution in [0.25, 0.3) is 0 Å². The number of rotatable bonds is 3. The zero-order valence-electron chi connectivity index (χ0n) is 14.5. The zero-order chi connectivity index (χ0) is 19.0. The Balaban J connectivity index is 1.65. The van der Waals surface area contributed by atoms with E-state index < -0.39 is 17.7 Å². The lowest BCUT2D eigenvalue weighted by Crippen LogP contribution is -2.22. The molecule has 2 aromatic rings. The number of benzene rings is 2. The number of carbonyl (C=O) groups excluding carboxylic acids is 1. The van der Waals surface area contributed by atoms with Crippen molar-refractivity contribution >= 4 is 29.2 Å². The lowest BCUT2D eigenvalue weighted by molar-refractivity contribution is -0.137. The van der Waals surface area contributed by atoms with Gasteiger partial charge in [0, 0.05) is 30.7 Å². The van der Waals surface area contributed by atoms with Crippen LogP contribution in [0.2, 0.25) is 0 Å². The normalized spacial score (nSPS) is 19.6. The topological polar surface area (TPSA) is 44.7 Å². The summed E-state index contributed by atoms with van der Waals surface area (Å²) in [5.41, 5.74) is 1.18. The van der Waals surface area contributed by atoms with E-state index in [2.05, 4.69) is 10.3 Å². The van der Waals surface area contributed by atoms with E-state index in [0.29, 0.717) is 18.8 Å². The van der Waals surface area contributed by atoms with E-state index in [-0.39, 0.29) is 17.3 Å². The highest BCUT2D eigenvalue weighted by Gasteiger charge is 2.36.